The average Bonchev–Trinajstić information content (AvgIpc) is 2.18. The van der Waals surface area contributed by atoms with Gasteiger partial charge in [0.05, 0.1) is 6.10 Å². The quantitative estimate of drug-likeness (QED) is 0.797. The molecule has 0 radical (unpaired) electrons. The number of hydrogen-bond acceptors (Lipinski definition) is 2. The summed E-state index contributed by atoms with van der Waals surface area (Å²) in [7, 11) is 0. The Morgan fingerprint density at radius 1 is 1.47 bits per heavy atom. The van der Waals surface area contributed by atoms with Crippen molar-refractivity contribution < 1.29 is 9.84 Å². The first-order valence-electron chi connectivity index (χ1n) is 5.22. The van der Waals surface area contributed by atoms with Crippen LogP contribution in [0.3, 0.4) is 0 Å². The molecule has 2 unspecified atom stereocenters. The van der Waals surface area contributed by atoms with Gasteiger partial charge in [0, 0.05) is 17.0 Å². The van der Waals surface area contributed by atoms with Gasteiger partial charge in [-0.25, -0.2) is 0 Å². The number of halogens is 1. The second-order valence-electron chi connectivity index (χ2n) is 4.33. The van der Waals surface area contributed by atoms with Crippen LogP contribution in [0, 0.1) is 5.92 Å². The molecule has 0 amide bonds. The Morgan fingerprint density at radius 2 is 2.20 bits per heavy atom. The predicted octanol–water partition coefficient (Wildman–Crippen LogP) is 3.18. The molecule has 0 spiro atoms. The highest BCUT2D eigenvalue weighted by Gasteiger charge is 2.28. The van der Waals surface area contributed by atoms with Gasteiger partial charge in [-0.2, -0.15) is 0 Å². The molecule has 15 heavy (non-hydrogen) atoms. The van der Waals surface area contributed by atoms with Gasteiger partial charge in [-0.3, -0.25) is 0 Å². The van der Waals surface area contributed by atoms with Crippen molar-refractivity contribution in [3.05, 3.63) is 28.8 Å². The molecule has 0 aromatic heterocycles. The van der Waals surface area contributed by atoms with Gasteiger partial charge in [-0.1, -0.05) is 25.4 Å². The van der Waals surface area contributed by atoms with Gasteiger partial charge in [0.15, 0.2) is 0 Å². The molecule has 2 rings (SSSR count). The highest BCUT2D eigenvalue weighted by atomic mass is 35.5. The topological polar surface area (TPSA) is 29.5 Å². The molecule has 1 heterocycles. The summed E-state index contributed by atoms with van der Waals surface area (Å²) < 4.78 is 5.80. The lowest BCUT2D eigenvalue weighted by Gasteiger charge is -2.32. The van der Waals surface area contributed by atoms with E-state index in [9.17, 15) is 5.11 Å². The first-order valence-corrected chi connectivity index (χ1v) is 5.60. The fraction of sp³-hybridized carbons (Fsp3) is 0.500. The molecule has 2 nitrogen and oxygen atoms in total. The molecule has 1 aliphatic heterocycles. The first kappa shape index (κ1) is 10.8. The summed E-state index contributed by atoms with van der Waals surface area (Å²) in [6.07, 6.45) is 0.277. The Kier molecular flexibility index (Phi) is 2.89. The fourth-order valence-corrected chi connectivity index (χ4v) is 2.03. The number of aliphatic hydroxyl groups excluding tert-OH is 1. The minimum absolute atomic E-state index is 0.0914. The maximum atomic E-state index is 9.97. The van der Waals surface area contributed by atoms with E-state index in [-0.39, 0.29) is 6.10 Å². The van der Waals surface area contributed by atoms with Crippen molar-refractivity contribution in [2.45, 2.75) is 32.5 Å². The van der Waals surface area contributed by atoms with Gasteiger partial charge >= 0.3 is 0 Å². The van der Waals surface area contributed by atoms with Crippen LogP contribution in [0.25, 0.3) is 0 Å². The van der Waals surface area contributed by atoms with Crippen LogP contribution in [0.2, 0.25) is 5.02 Å². The van der Waals surface area contributed by atoms with E-state index in [4.69, 9.17) is 16.3 Å². The van der Waals surface area contributed by atoms with E-state index >= 15 is 0 Å². The zero-order chi connectivity index (χ0) is 11.0. The summed E-state index contributed by atoms with van der Waals surface area (Å²) in [6, 6.07) is 5.39. The normalized spacial score (nSPS) is 24.9. The summed E-state index contributed by atoms with van der Waals surface area (Å²) in [5, 5.41) is 10.6. The third-order valence-corrected chi connectivity index (χ3v) is 3.04. The standard InChI is InChI=1S/C12H15ClO2/c1-7(2)12-6-10(14)9-5-8(13)3-4-11(9)15-12/h3-5,7,10,12,14H,6H2,1-2H3. The van der Waals surface area contributed by atoms with Crippen LogP contribution in [-0.2, 0) is 0 Å². The molecular formula is C12H15ClO2. The van der Waals surface area contributed by atoms with Crippen LogP contribution >= 0.6 is 11.6 Å². The Morgan fingerprint density at radius 3 is 2.87 bits per heavy atom. The smallest absolute Gasteiger partial charge is 0.125 e. The number of benzene rings is 1. The molecule has 0 saturated heterocycles. The van der Waals surface area contributed by atoms with Crippen LogP contribution in [-0.4, -0.2) is 11.2 Å². The number of hydrogen-bond donors (Lipinski definition) is 1. The summed E-state index contributed by atoms with van der Waals surface area (Å²) in [6.45, 7) is 4.19. The van der Waals surface area contributed by atoms with Crippen LogP contribution in [0.4, 0.5) is 0 Å². The van der Waals surface area contributed by atoms with Gasteiger partial charge in [-0.15, -0.1) is 0 Å². The van der Waals surface area contributed by atoms with Crippen molar-refractivity contribution in [2.75, 3.05) is 0 Å². The van der Waals surface area contributed by atoms with Crippen molar-refractivity contribution in [1.29, 1.82) is 0 Å². The number of rotatable bonds is 1. The third-order valence-electron chi connectivity index (χ3n) is 2.81. The molecule has 0 saturated carbocycles. The molecular weight excluding hydrogens is 212 g/mol. The molecule has 1 N–H and O–H groups in total. The molecule has 3 heteroatoms. The lowest BCUT2D eigenvalue weighted by Crippen LogP contribution is -2.30. The molecule has 0 aliphatic carbocycles. The Hall–Kier alpha value is -0.730. The molecule has 2 atom stereocenters. The maximum absolute atomic E-state index is 9.97. The third kappa shape index (κ3) is 2.11. The Labute approximate surface area is 94.8 Å². The van der Waals surface area contributed by atoms with Crippen molar-refractivity contribution >= 4 is 11.6 Å². The number of aliphatic hydroxyl groups is 1. The van der Waals surface area contributed by atoms with Crippen LogP contribution < -0.4 is 4.74 Å². The van der Waals surface area contributed by atoms with Gasteiger partial charge in [0.2, 0.25) is 0 Å². The lowest BCUT2D eigenvalue weighted by atomic mass is 9.93. The first-order chi connectivity index (χ1) is 7.08. The summed E-state index contributed by atoms with van der Waals surface area (Å²) in [5.41, 5.74) is 0.805. The highest BCUT2D eigenvalue weighted by molar-refractivity contribution is 6.30. The molecule has 1 aliphatic rings. The van der Waals surface area contributed by atoms with E-state index in [0.717, 1.165) is 11.3 Å². The predicted molar refractivity (Wildman–Crippen MR) is 60.3 cm³/mol. The maximum Gasteiger partial charge on any atom is 0.125 e. The molecule has 1 aromatic carbocycles. The molecule has 0 bridgehead atoms. The fourth-order valence-electron chi connectivity index (χ4n) is 1.85. The molecule has 82 valence electrons. The Bertz CT molecular complexity index is 363. The van der Waals surface area contributed by atoms with Gasteiger partial charge in [-0.05, 0) is 24.1 Å². The number of fused-ring (bicyclic) bond motifs is 1. The summed E-state index contributed by atoms with van der Waals surface area (Å²) in [4.78, 5) is 0. The SMILES string of the molecule is CC(C)C1CC(O)c2cc(Cl)ccc2O1. The molecule has 0 fully saturated rings. The van der Waals surface area contributed by atoms with Gasteiger partial charge in [0.25, 0.3) is 0 Å². The van der Waals surface area contributed by atoms with Crippen molar-refractivity contribution in [3.8, 4) is 5.75 Å². The zero-order valence-electron chi connectivity index (χ0n) is 8.90. The van der Waals surface area contributed by atoms with E-state index in [0.29, 0.717) is 17.4 Å². The van der Waals surface area contributed by atoms with E-state index in [2.05, 4.69) is 13.8 Å². The van der Waals surface area contributed by atoms with Crippen molar-refractivity contribution in [3.63, 3.8) is 0 Å². The monoisotopic (exact) mass is 226 g/mol. The van der Waals surface area contributed by atoms with Crippen LogP contribution in [0.5, 0.6) is 5.75 Å². The van der Waals surface area contributed by atoms with E-state index in [1.54, 1.807) is 12.1 Å². The van der Waals surface area contributed by atoms with Crippen molar-refractivity contribution in [1.82, 2.24) is 0 Å². The second-order valence-corrected chi connectivity index (χ2v) is 4.77. The second kappa shape index (κ2) is 4.03. The lowest BCUT2D eigenvalue weighted by molar-refractivity contribution is 0.0427. The van der Waals surface area contributed by atoms with E-state index in [1.165, 1.54) is 0 Å². The molecule has 1 aromatic rings. The van der Waals surface area contributed by atoms with Gasteiger partial charge < -0.3 is 9.84 Å². The van der Waals surface area contributed by atoms with Gasteiger partial charge in [0.1, 0.15) is 11.9 Å². The van der Waals surface area contributed by atoms with Crippen LogP contribution in [0.15, 0.2) is 18.2 Å². The zero-order valence-corrected chi connectivity index (χ0v) is 9.66. The summed E-state index contributed by atoms with van der Waals surface area (Å²) >= 11 is 5.87. The Balaban J connectivity index is 2.32. The number of ether oxygens (including phenoxy) is 1. The average molecular weight is 227 g/mol. The van der Waals surface area contributed by atoms with E-state index in [1.807, 2.05) is 6.07 Å². The largest absolute Gasteiger partial charge is 0.490 e. The minimum atomic E-state index is -0.458. The van der Waals surface area contributed by atoms with E-state index < -0.39 is 6.10 Å². The minimum Gasteiger partial charge on any atom is -0.490 e. The highest BCUT2D eigenvalue weighted by Crippen LogP contribution is 2.37. The van der Waals surface area contributed by atoms with Crippen molar-refractivity contribution in [2.24, 2.45) is 5.92 Å². The summed E-state index contributed by atoms with van der Waals surface area (Å²) in [5.74, 6) is 1.17. The van der Waals surface area contributed by atoms with Crippen LogP contribution in [0.1, 0.15) is 31.9 Å².